The van der Waals surface area contributed by atoms with Gasteiger partial charge in [0, 0.05) is 0 Å². The summed E-state index contributed by atoms with van der Waals surface area (Å²) in [5.74, 6) is -0.122. The molecule has 3 aromatic rings. The van der Waals surface area contributed by atoms with E-state index in [1.54, 1.807) is 0 Å². The zero-order valence-corrected chi connectivity index (χ0v) is 14.4. The molecule has 0 atom stereocenters. The fourth-order valence-electron chi connectivity index (χ4n) is 2.55. The van der Waals surface area contributed by atoms with Crippen molar-refractivity contribution >= 4 is 45.5 Å². The van der Waals surface area contributed by atoms with Crippen molar-refractivity contribution in [3.63, 3.8) is 0 Å². The van der Waals surface area contributed by atoms with E-state index in [0.29, 0.717) is 0 Å². The van der Waals surface area contributed by atoms with E-state index in [9.17, 15) is 4.39 Å². The summed E-state index contributed by atoms with van der Waals surface area (Å²) in [4.78, 5) is 4.72. The molecule has 1 aliphatic carbocycles. The summed E-state index contributed by atoms with van der Waals surface area (Å²) in [6.07, 6.45) is 0. The molecule has 3 aromatic carbocycles. The summed E-state index contributed by atoms with van der Waals surface area (Å²) in [6.45, 7) is 0. The van der Waals surface area contributed by atoms with Crippen molar-refractivity contribution in [2.45, 2.75) is 0 Å². The van der Waals surface area contributed by atoms with Crippen LogP contribution in [0.5, 0.6) is 0 Å². The van der Waals surface area contributed by atoms with Crippen molar-refractivity contribution in [3.8, 4) is 11.1 Å². The Morgan fingerprint density at radius 1 is 1.00 bits per heavy atom. The Morgan fingerprint density at radius 2 is 1.80 bits per heavy atom. The van der Waals surface area contributed by atoms with Crippen LogP contribution in [-0.2, 0) is 0 Å². The van der Waals surface area contributed by atoms with E-state index < -0.39 is 0 Å². The van der Waals surface area contributed by atoms with Crippen LogP contribution in [0.1, 0.15) is 5.56 Å². The second-order valence-corrected chi connectivity index (χ2v) is 6.68. The zero-order chi connectivity index (χ0) is 13.7. The molecule has 0 fully saturated rings. The third-order valence-electron chi connectivity index (χ3n) is 3.55. The van der Waals surface area contributed by atoms with Gasteiger partial charge in [-0.15, -0.1) is 0 Å². The van der Waals surface area contributed by atoms with E-state index >= 15 is 0 Å². The standard InChI is InChI=1S/C17H9FN.Pb/c18-15-7-6-12-8-13(9-14-16(12)17(14)15)19-10-11-4-2-1-3-5-11;/h1-9H;. The fourth-order valence-corrected chi connectivity index (χ4v) is 3.70. The summed E-state index contributed by atoms with van der Waals surface area (Å²) in [6, 6.07) is 17.6. The normalized spacial score (nSPS) is 12.8. The van der Waals surface area contributed by atoms with E-state index in [1.807, 2.05) is 36.4 Å². The first-order valence-electron chi connectivity index (χ1n) is 6.36. The number of aliphatic imine (C=N–C) groups is 1. The molecule has 93 valence electrons. The second-order valence-electron chi connectivity index (χ2n) is 4.84. The Labute approximate surface area is 131 Å². The van der Waals surface area contributed by atoms with E-state index in [2.05, 4.69) is 12.1 Å². The third kappa shape index (κ3) is 1.90. The van der Waals surface area contributed by atoms with Crippen LogP contribution in [0.15, 0.2) is 59.6 Å². The molecule has 1 aliphatic rings. The van der Waals surface area contributed by atoms with Crippen LogP contribution in [0.25, 0.3) is 21.9 Å². The summed E-state index contributed by atoms with van der Waals surface area (Å²) < 4.78 is 14.7. The molecular weight excluding hydrogens is 444 g/mol. The molecule has 0 saturated heterocycles. The van der Waals surface area contributed by atoms with Gasteiger partial charge in [0.1, 0.15) is 0 Å². The molecule has 1 nitrogen and oxygen atoms in total. The number of fused-ring (bicyclic) bond motifs is 1. The van der Waals surface area contributed by atoms with Gasteiger partial charge in [-0.05, 0) is 0 Å². The van der Waals surface area contributed by atoms with Crippen LogP contribution in [0, 0.1) is 5.82 Å². The maximum absolute atomic E-state index is 13.6. The van der Waals surface area contributed by atoms with Gasteiger partial charge in [0.2, 0.25) is 0 Å². The van der Waals surface area contributed by atoms with E-state index in [1.165, 1.54) is 6.07 Å². The molecule has 0 unspecified atom stereocenters. The SMILES string of the molecule is Fc1ccc2cc(N=[C]([Pb])c3ccccc3)cc3c2c1-3. The van der Waals surface area contributed by atoms with Gasteiger partial charge in [0.05, 0.1) is 0 Å². The Balaban J connectivity index is 1.79. The van der Waals surface area contributed by atoms with Crippen molar-refractivity contribution < 1.29 is 4.39 Å². The minimum absolute atomic E-state index is 0.122. The first-order chi connectivity index (χ1) is 9.74. The van der Waals surface area contributed by atoms with Crippen LogP contribution in [0.2, 0.25) is 0 Å². The molecule has 0 N–H and O–H groups in total. The number of hydrogen-bond donors (Lipinski definition) is 0. The van der Waals surface area contributed by atoms with Gasteiger partial charge in [-0.25, -0.2) is 0 Å². The van der Waals surface area contributed by atoms with Crippen molar-refractivity contribution in [1.29, 1.82) is 0 Å². The summed E-state index contributed by atoms with van der Waals surface area (Å²) in [7, 11) is 0. The van der Waals surface area contributed by atoms with Gasteiger partial charge < -0.3 is 0 Å². The summed E-state index contributed by atoms with van der Waals surface area (Å²) in [5, 5.41) is 2.15. The summed E-state index contributed by atoms with van der Waals surface area (Å²) in [5.41, 5.74) is 3.88. The number of benzene rings is 3. The van der Waals surface area contributed by atoms with Gasteiger partial charge in [0.15, 0.2) is 0 Å². The van der Waals surface area contributed by atoms with Crippen LogP contribution in [0.3, 0.4) is 0 Å². The average Bonchev–Trinajstić information content (AvgIpc) is 3.19. The van der Waals surface area contributed by atoms with Crippen molar-refractivity contribution in [2.75, 3.05) is 0 Å². The van der Waals surface area contributed by atoms with Crippen molar-refractivity contribution in [3.05, 3.63) is 66.0 Å². The van der Waals surface area contributed by atoms with Crippen molar-refractivity contribution in [1.82, 2.24) is 0 Å². The van der Waals surface area contributed by atoms with E-state index in [-0.39, 0.29) is 5.82 Å². The van der Waals surface area contributed by atoms with Gasteiger partial charge in [0.25, 0.3) is 0 Å². The first-order valence-corrected chi connectivity index (χ1v) is 8.31. The number of halogens is 1. The quantitative estimate of drug-likeness (QED) is 0.319. The van der Waals surface area contributed by atoms with Crippen LogP contribution in [-0.4, -0.2) is 29.0 Å². The zero-order valence-electron chi connectivity index (χ0n) is 10.5. The number of nitrogens with zero attached hydrogens (tertiary/aromatic N) is 1. The van der Waals surface area contributed by atoms with Crippen molar-refractivity contribution in [2.24, 2.45) is 4.99 Å². The average molecular weight is 453 g/mol. The second kappa shape index (κ2) is 4.48. The monoisotopic (exact) mass is 454 g/mol. The Hall–Kier alpha value is -1.56. The molecule has 0 spiro atoms. The molecule has 0 saturated carbocycles. The molecule has 0 bridgehead atoms. The molecule has 20 heavy (non-hydrogen) atoms. The molecular formula is C17H9FNPb. The molecule has 3 heteroatoms. The molecule has 0 aliphatic heterocycles. The Morgan fingerprint density at radius 3 is 2.60 bits per heavy atom. The topological polar surface area (TPSA) is 12.4 Å². The predicted molar refractivity (Wildman–Crippen MR) is 81.3 cm³/mol. The maximum atomic E-state index is 13.6. The van der Waals surface area contributed by atoms with Crippen LogP contribution >= 0.6 is 0 Å². The van der Waals surface area contributed by atoms with Gasteiger partial charge in [-0.3, -0.25) is 0 Å². The summed E-state index contributed by atoms with van der Waals surface area (Å²) >= 11 is 0.878. The first kappa shape index (κ1) is 12.2. The number of rotatable bonds is 2. The van der Waals surface area contributed by atoms with Gasteiger partial charge in [-0.1, -0.05) is 0 Å². The molecule has 0 aromatic heterocycles. The molecule has 4 rings (SSSR count). The van der Waals surface area contributed by atoms with Gasteiger partial charge >= 0.3 is 132 Å². The Kier molecular flexibility index (Phi) is 2.73. The molecule has 0 heterocycles. The molecule has 3 radical (unpaired) electrons. The Bertz CT molecular complexity index is 869. The fraction of sp³-hybridized carbons (Fsp3) is 0. The molecule has 0 amide bonds. The minimum atomic E-state index is -0.122. The number of hydrogen-bond acceptors (Lipinski definition) is 1. The third-order valence-corrected chi connectivity index (χ3v) is 5.10. The van der Waals surface area contributed by atoms with E-state index in [4.69, 9.17) is 4.99 Å². The van der Waals surface area contributed by atoms with Crippen LogP contribution in [0.4, 0.5) is 10.1 Å². The van der Waals surface area contributed by atoms with E-state index in [0.717, 1.165) is 62.2 Å². The predicted octanol–water partition coefficient (Wildman–Crippen LogP) is 4.21. The van der Waals surface area contributed by atoms with Crippen LogP contribution < -0.4 is 0 Å². The van der Waals surface area contributed by atoms with Gasteiger partial charge in [-0.2, -0.15) is 0 Å².